The summed E-state index contributed by atoms with van der Waals surface area (Å²) in [5.74, 6) is -0.233. The summed E-state index contributed by atoms with van der Waals surface area (Å²) in [6.45, 7) is 0. The standard InChI is InChI=1S/C25H28F2N2O3S/c26-22-12-15(13-23(22)27)11-21(17-3-6-19(7-4-17)33(31,32)20-8-9-20)25(30)29-24-10-5-18(14-28-24)16-1-2-16/h3-7,10,14-16,20-23H,1-2,8-9,11-13H2,(H,28,29,30)/t15?,21-,22?,23?/m1/s1. The lowest BCUT2D eigenvalue weighted by molar-refractivity contribution is -0.118. The quantitative estimate of drug-likeness (QED) is 0.578. The molecule has 5 nitrogen and oxygen atoms in total. The van der Waals surface area contributed by atoms with E-state index in [1.807, 2.05) is 6.07 Å². The molecule has 3 atom stereocenters. The number of nitrogens with zero attached hydrogens (tertiary/aromatic N) is 1. The van der Waals surface area contributed by atoms with Gasteiger partial charge >= 0.3 is 0 Å². The highest BCUT2D eigenvalue weighted by Gasteiger charge is 2.38. The molecule has 3 saturated carbocycles. The largest absolute Gasteiger partial charge is 0.310 e. The van der Waals surface area contributed by atoms with Crippen molar-refractivity contribution >= 4 is 21.6 Å². The molecule has 1 aromatic carbocycles. The third-order valence-electron chi connectivity index (χ3n) is 7.06. The van der Waals surface area contributed by atoms with Crippen LogP contribution in [0.4, 0.5) is 14.6 Å². The maximum Gasteiger partial charge on any atom is 0.233 e. The Balaban J connectivity index is 1.35. The molecule has 1 amide bonds. The van der Waals surface area contributed by atoms with E-state index in [0.29, 0.717) is 36.6 Å². The average molecular weight is 475 g/mol. The Morgan fingerprint density at radius 1 is 1.00 bits per heavy atom. The highest BCUT2D eigenvalue weighted by Crippen LogP contribution is 2.40. The maximum absolute atomic E-state index is 13.8. The van der Waals surface area contributed by atoms with Crippen molar-refractivity contribution in [2.24, 2.45) is 5.92 Å². The summed E-state index contributed by atoms with van der Waals surface area (Å²) in [7, 11) is -3.33. The van der Waals surface area contributed by atoms with Crippen molar-refractivity contribution in [1.82, 2.24) is 4.98 Å². The van der Waals surface area contributed by atoms with Crippen LogP contribution in [0.1, 0.15) is 67.9 Å². The van der Waals surface area contributed by atoms with Gasteiger partial charge in [-0.2, -0.15) is 0 Å². The molecule has 8 heteroatoms. The Hall–Kier alpha value is -2.35. The number of carbonyl (C=O) groups is 1. The first kappa shape index (κ1) is 22.4. The lowest BCUT2D eigenvalue weighted by atomic mass is 9.87. The zero-order valence-electron chi connectivity index (χ0n) is 18.3. The Morgan fingerprint density at radius 3 is 2.21 bits per heavy atom. The van der Waals surface area contributed by atoms with Crippen LogP contribution < -0.4 is 5.32 Å². The fourth-order valence-electron chi connectivity index (χ4n) is 4.76. The second-order valence-electron chi connectivity index (χ2n) is 9.71. The minimum atomic E-state index is -3.33. The van der Waals surface area contributed by atoms with Crippen LogP contribution in [0.3, 0.4) is 0 Å². The molecule has 33 heavy (non-hydrogen) atoms. The average Bonchev–Trinajstić information content (AvgIpc) is 3.70. The predicted molar refractivity (Wildman–Crippen MR) is 121 cm³/mol. The molecule has 0 spiro atoms. The third-order valence-corrected chi connectivity index (χ3v) is 9.33. The number of carbonyl (C=O) groups excluding carboxylic acids is 1. The van der Waals surface area contributed by atoms with Crippen LogP contribution in [0.25, 0.3) is 0 Å². The molecule has 1 N–H and O–H groups in total. The van der Waals surface area contributed by atoms with E-state index < -0.39 is 28.1 Å². The smallest absolute Gasteiger partial charge is 0.233 e. The van der Waals surface area contributed by atoms with Gasteiger partial charge in [0.1, 0.15) is 18.2 Å². The highest BCUT2D eigenvalue weighted by molar-refractivity contribution is 7.92. The maximum atomic E-state index is 13.8. The van der Waals surface area contributed by atoms with Gasteiger partial charge in [-0.15, -0.1) is 0 Å². The highest BCUT2D eigenvalue weighted by atomic mass is 32.2. The van der Waals surface area contributed by atoms with E-state index in [-0.39, 0.29) is 34.8 Å². The summed E-state index contributed by atoms with van der Waals surface area (Å²) in [6, 6.07) is 10.1. The molecule has 0 saturated heterocycles. The molecular weight excluding hydrogens is 446 g/mol. The Labute approximate surface area is 192 Å². The molecule has 0 bridgehead atoms. The van der Waals surface area contributed by atoms with Crippen molar-refractivity contribution in [2.45, 2.75) is 79.3 Å². The minimum absolute atomic E-state index is 0.0907. The van der Waals surface area contributed by atoms with Crippen molar-refractivity contribution < 1.29 is 22.0 Å². The number of anilines is 1. The summed E-state index contributed by atoms with van der Waals surface area (Å²) >= 11 is 0. The van der Waals surface area contributed by atoms with Crippen LogP contribution in [0, 0.1) is 5.92 Å². The lowest BCUT2D eigenvalue weighted by Crippen LogP contribution is -2.24. The lowest BCUT2D eigenvalue weighted by Gasteiger charge is -2.21. The Kier molecular flexibility index (Phi) is 5.97. The van der Waals surface area contributed by atoms with Gasteiger partial charge in [0.2, 0.25) is 5.91 Å². The number of halogens is 2. The zero-order valence-corrected chi connectivity index (χ0v) is 19.1. The minimum Gasteiger partial charge on any atom is -0.310 e. The van der Waals surface area contributed by atoms with E-state index in [4.69, 9.17) is 0 Å². The molecule has 176 valence electrons. The number of sulfone groups is 1. The van der Waals surface area contributed by atoms with Gasteiger partial charge in [0.05, 0.1) is 16.1 Å². The molecule has 1 heterocycles. The van der Waals surface area contributed by atoms with Gasteiger partial charge in [-0.25, -0.2) is 22.2 Å². The molecule has 3 aliphatic carbocycles. The van der Waals surface area contributed by atoms with Crippen LogP contribution >= 0.6 is 0 Å². The number of hydrogen-bond acceptors (Lipinski definition) is 4. The second-order valence-corrected chi connectivity index (χ2v) is 11.9. The van der Waals surface area contributed by atoms with Crippen LogP contribution in [-0.4, -0.2) is 36.9 Å². The van der Waals surface area contributed by atoms with Gasteiger partial charge in [0.15, 0.2) is 9.84 Å². The molecule has 0 radical (unpaired) electrons. The number of nitrogens with one attached hydrogen (secondary N) is 1. The van der Waals surface area contributed by atoms with Crippen LogP contribution in [0.5, 0.6) is 0 Å². The number of benzene rings is 1. The van der Waals surface area contributed by atoms with Crippen molar-refractivity contribution in [2.75, 3.05) is 5.32 Å². The summed E-state index contributed by atoms with van der Waals surface area (Å²) in [5.41, 5.74) is 1.79. The number of aromatic nitrogens is 1. The first-order chi connectivity index (χ1) is 15.8. The predicted octanol–water partition coefficient (Wildman–Crippen LogP) is 5.09. The second kappa shape index (κ2) is 8.78. The fraction of sp³-hybridized carbons (Fsp3) is 0.520. The van der Waals surface area contributed by atoms with E-state index >= 15 is 0 Å². The molecule has 2 aromatic rings. The first-order valence-electron chi connectivity index (χ1n) is 11.7. The van der Waals surface area contributed by atoms with Crippen LogP contribution in [0.2, 0.25) is 0 Å². The monoisotopic (exact) mass is 474 g/mol. The molecule has 3 aliphatic rings. The van der Waals surface area contributed by atoms with Crippen molar-refractivity contribution in [3.8, 4) is 0 Å². The number of rotatable bonds is 8. The van der Waals surface area contributed by atoms with E-state index in [2.05, 4.69) is 10.3 Å². The summed E-state index contributed by atoms with van der Waals surface area (Å²) < 4.78 is 52.6. The number of hydrogen-bond donors (Lipinski definition) is 1. The molecular formula is C25H28F2N2O3S. The Bertz CT molecular complexity index is 1100. The summed E-state index contributed by atoms with van der Waals surface area (Å²) in [4.78, 5) is 17.8. The third kappa shape index (κ3) is 4.95. The van der Waals surface area contributed by atoms with Crippen molar-refractivity contribution in [3.05, 3.63) is 53.7 Å². The number of pyridine rings is 1. The normalized spacial score (nSPS) is 26.2. The number of amides is 1. The molecule has 2 unspecified atom stereocenters. The van der Waals surface area contributed by atoms with E-state index in [0.717, 1.165) is 18.4 Å². The van der Waals surface area contributed by atoms with Gasteiger partial charge in [0.25, 0.3) is 0 Å². The van der Waals surface area contributed by atoms with E-state index in [1.54, 1.807) is 24.4 Å². The van der Waals surface area contributed by atoms with Gasteiger partial charge in [-0.05, 0) is 86.1 Å². The summed E-state index contributed by atoms with van der Waals surface area (Å²) in [6.07, 6.45) is 2.93. The van der Waals surface area contributed by atoms with Gasteiger partial charge in [-0.1, -0.05) is 18.2 Å². The topological polar surface area (TPSA) is 76.1 Å². The van der Waals surface area contributed by atoms with Crippen LogP contribution in [-0.2, 0) is 14.6 Å². The molecule has 1 aromatic heterocycles. The molecule has 3 fully saturated rings. The number of alkyl halides is 2. The van der Waals surface area contributed by atoms with Crippen molar-refractivity contribution in [1.29, 1.82) is 0 Å². The SMILES string of the molecule is O=C(Nc1ccc(C2CC2)cn1)[C@H](CC1CC(F)C(F)C1)c1ccc(S(=O)(=O)C2CC2)cc1. The molecule has 5 rings (SSSR count). The molecule has 0 aliphatic heterocycles. The fourth-order valence-corrected chi connectivity index (χ4v) is 6.42. The van der Waals surface area contributed by atoms with Gasteiger partial charge in [-0.3, -0.25) is 4.79 Å². The van der Waals surface area contributed by atoms with Crippen LogP contribution in [0.15, 0.2) is 47.5 Å². The van der Waals surface area contributed by atoms with E-state index in [1.165, 1.54) is 12.1 Å². The summed E-state index contributed by atoms with van der Waals surface area (Å²) in [5, 5.41) is 2.53. The van der Waals surface area contributed by atoms with Crippen molar-refractivity contribution in [3.63, 3.8) is 0 Å². The van der Waals surface area contributed by atoms with E-state index in [9.17, 15) is 22.0 Å². The van der Waals surface area contributed by atoms with Gasteiger partial charge < -0.3 is 5.32 Å². The first-order valence-corrected chi connectivity index (χ1v) is 13.2. The van der Waals surface area contributed by atoms with Gasteiger partial charge in [0, 0.05) is 6.20 Å². The Morgan fingerprint density at radius 2 is 1.67 bits per heavy atom. The zero-order chi connectivity index (χ0) is 23.2.